The van der Waals surface area contributed by atoms with Gasteiger partial charge in [0.15, 0.2) is 5.78 Å². The minimum absolute atomic E-state index is 0.0288. The average Bonchev–Trinajstić information content (AvgIpc) is 2.45. The van der Waals surface area contributed by atoms with Crippen LogP contribution in [0.4, 0.5) is 5.69 Å². The van der Waals surface area contributed by atoms with Crippen LogP contribution in [0.2, 0.25) is 0 Å². The standard InChI is InChI=1S/C14H10BrNO3S/c15-11-7-5-10(6-8-11)13(17)9-20-14-4-2-1-3-12(14)16(18)19/h1-8H,9H2. The van der Waals surface area contributed by atoms with Gasteiger partial charge < -0.3 is 0 Å². The maximum absolute atomic E-state index is 12.0. The van der Waals surface area contributed by atoms with E-state index >= 15 is 0 Å². The van der Waals surface area contributed by atoms with Crippen molar-refractivity contribution in [3.63, 3.8) is 0 Å². The van der Waals surface area contributed by atoms with Crippen LogP contribution < -0.4 is 0 Å². The van der Waals surface area contributed by atoms with Crippen molar-refractivity contribution < 1.29 is 9.72 Å². The second-order valence-corrected chi connectivity index (χ2v) is 5.88. The number of nitro groups is 1. The summed E-state index contributed by atoms with van der Waals surface area (Å²) < 4.78 is 0.903. The number of hydrogen-bond acceptors (Lipinski definition) is 4. The van der Waals surface area contributed by atoms with Crippen LogP contribution in [-0.2, 0) is 0 Å². The van der Waals surface area contributed by atoms with Gasteiger partial charge in [-0.25, -0.2) is 0 Å². The molecule has 0 amide bonds. The maximum Gasteiger partial charge on any atom is 0.282 e. The summed E-state index contributed by atoms with van der Waals surface area (Å²) in [5, 5.41) is 10.9. The molecule has 20 heavy (non-hydrogen) atoms. The van der Waals surface area contributed by atoms with E-state index in [1.165, 1.54) is 17.8 Å². The predicted molar refractivity (Wildman–Crippen MR) is 82.3 cm³/mol. The lowest BCUT2D eigenvalue weighted by atomic mass is 10.2. The van der Waals surface area contributed by atoms with Crippen molar-refractivity contribution in [3.05, 3.63) is 68.7 Å². The number of Topliss-reactive ketones (excluding diaryl/α,β-unsaturated/α-hetero) is 1. The molecular weight excluding hydrogens is 342 g/mol. The van der Waals surface area contributed by atoms with Gasteiger partial charge in [-0.1, -0.05) is 40.2 Å². The average molecular weight is 352 g/mol. The molecule has 0 aliphatic carbocycles. The smallest absolute Gasteiger partial charge is 0.282 e. The van der Waals surface area contributed by atoms with Crippen LogP contribution in [-0.4, -0.2) is 16.5 Å². The first-order valence-corrected chi connectivity index (χ1v) is 7.51. The zero-order chi connectivity index (χ0) is 14.5. The number of carbonyl (C=O) groups excluding carboxylic acids is 1. The molecule has 4 nitrogen and oxygen atoms in total. The van der Waals surface area contributed by atoms with Crippen molar-refractivity contribution in [1.29, 1.82) is 0 Å². The topological polar surface area (TPSA) is 60.2 Å². The van der Waals surface area contributed by atoms with Crippen molar-refractivity contribution in [2.24, 2.45) is 0 Å². The molecule has 6 heteroatoms. The molecule has 0 N–H and O–H groups in total. The molecule has 0 spiro atoms. The number of nitrogens with zero attached hydrogens (tertiary/aromatic N) is 1. The predicted octanol–water partition coefficient (Wildman–Crippen LogP) is 4.33. The van der Waals surface area contributed by atoms with Crippen LogP contribution in [0.25, 0.3) is 0 Å². The Labute approximate surface area is 128 Å². The third kappa shape index (κ3) is 3.68. The second-order valence-electron chi connectivity index (χ2n) is 3.94. The number of nitro benzene ring substituents is 1. The van der Waals surface area contributed by atoms with Crippen LogP contribution in [0.3, 0.4) is 0 Å². The Balaban J connectivity index is 2.07. The largest absolute Gasteiger partial charge is 0.293 e. The summed E-state index contributed by atoms with van der Waals surface area (Å²) in [6.07, 6.45) is 0. The zero-order valence-electron chi connectivity index (χ0n) is 10.3. The van der Waals surface area contributed by atoms with E-state index in [-0.39, 0.29) is 17.2 Å². The molecule has 0 aromatic heterocycles. The molecule has 2 rings (SSSR count). The van der Waals surface area contributed by atoms with Gasteiger partial charge in [0.05, 0.1) is 15.6 Å². The van der Waals surface area contributed by atoms with Crippen LogP contribution >= 0.6 is 27.7 Å². The highest BCUT2D eigenvalue weighted by molar-refractivity contribution is 9.10. The number of carbonyl (C=O) groups is 1. The van der Waals surface area contributed by atoms with Gasteiger partial charge in [-0.15, -0.1) is 11.8 Å². The fraction of sp³-hybridized carbons (Fsp3) is 0.0714. The highest BCUT2D eigenvalue weighted by atomic mass is 79.9. The van der Waals surface area contributed by atoms with Crippen LogP contribution in [0.15, 0.2) is 57.9 Å². The summed E-state index contributed by atoms with van der Waals surface area (Å²) in [6, 6.07) is 13.5. The molecular formula is C14H10BrNO3S. The second kappa shape index (κ2) is 6.67. The molecule has 2 aromatic carbocycles. The van der Waals surface area contributed by atoms with Gasteiger partial charge in [-0.2, -0.15) is 0 Å². The van der Waals surface area contributed by atoms with Crippen molar-refractivity contribution in [3.8, 4) is 0 Å². The number of thioether (sulfide) groups is 1. The molecule has 2 aromatic rings. The van der Waals surface area contributed by atoms with E-state index in [1.54, 1.807) is 42.5 Å². The molecule has 0 heterocycles. The number of para-hydroxylation sites is 1. The number of benzene rings is 2. The molecule has 102 valence electrons. The third-order valence-corrected chi connectivity index (χ3v) is 4.18. The summed E-state index contributed by atoms with van der Waals surface area (Å²) in [5.74, 6) is 0.118. The monoisotopic (exact) mass is 351 g/mol. The van der Waals surface area contributed by atoms with E-state index in [0.29, 0.717) is 10.5 Å². The Hall–Kier alpha value is -1.66. The Bertz CT molecular complexity index is 643. The molecule has 0 aliphatic heterocycles. The lowest BCUT2D eigenvalue weighted by Crippen LogP contribution is -2.02. The van der Waals surface area contributed by atoms with Crippen LogP contribution in [0.1, 0.15) is 10.4 Å². The molecule has 0 fully saturated rings. The first kappa shape index (κ1) is 14.7. The number of halogens is 1. The van der Waals surface area contributed by atoms with Gasteiger partial charge in [0.25, 0.3) is 5.69 Å². The summed E-state index contributed by atoms with van der Waals surface area (Å²) >= 11 is 4.48. The summed E-state index contributed by atoms with van der Waals surface area (Å²) in [4.78, 5) is 22.9. The first-order chi connectivity index (χ1) is 9.58. The van der Waals surface area contributed by atoms with Crippen LogP contribution in [0, 0.1) is 10.1 Å². The van der Waals surface area contributed by atoms with Crippen molar-refractivity contribution >= 4 is 39.2 Å². The van der Waals surface area contributed by atoms with Crippen molar-refractivity contribution in [1.82, 2.24) is 0 Å². The summed E-state index contributed by atoms with van der Waals surface area (Å²) in [5.41, 5.74) is 0.625. The SMILES string of the molecule is O=C(CSc1ccccc1[N+](=O)[O-])c1ccc(Br)cc1. The van der Waals surface area contributed by atoms with Crippen molar-refractivity contribution in [2.75, 3.05) is 5.75 Å². The Morgan fingerprint density at radius 1 is 1.15 bits per heavy atom. The Morgan fingerprint density at radius 2 is 1.80 bits per heavy atom. The Kier molecular flexibility index (Phi) is 4.92. The number of hydrogen-bond donors (Lipinski definition) is 0. The van der Waals surface area contributed by atoms with Gasteiger partial charge in [-0.3, -0.25) is 14.9 Å². The minimum Gasteiger partial charge on any atom is -0.293 e. The molecule has 0 saturated heterocycles. The fourth-order valence-electron chi connectivity index (χ4n) is 1.59. The van der Waals surface area contributed by atoms with E-state index in [0.717, 1.165) is 4.47 Å². The molecule has 0 aliphatic rings. The highest BCUT2D eigenvalue weighted by Crippen LogP contribution is 2.29. The third-order valence-electron chi connectivity index (χ3n) is 2.59. The summed E-state index contributed by atoms with van der Waals surface area (Å²) in [6.45, 7) is 0. The highest BCUT2D eigenvalue weighted by Gasteiger charge is 2.14. The molecule has 0 atom stereocenters. The molecule has 0 radical (unpaired) electrons. The van der Waals surface area contributed by atoms with E-state index in [2.05, 4.69) is 15.9 Å². The van der Waals surface area contributed by atoms with Gasteiger partial charge in [-0.05, 0) is 18.2 Å². The van der Waals surface area contributed by atoms with Gasteiger partial charge >= 0.3 is 0 Å². The fourth-order valence-corrected chi connectivity index (χ4v) is 2.78. The first-order valence-electron chi connectivity index (χ1n) is 5.73. The summed E-state index contributed by atoms with van der Waals surface area (Å²) in [7, 11) is 0. The molecule has 0 unspecified atom stereocenters. The lowest BCUT2D eigenvalue weighted by molar-refractivity contribution is -0.387. The van der Waals surface area contributed by atoms with E-state index < -0.39 is 4.92 Å². The zero-order valence-corrected chi connectivity index (χ0v) is 12.7. The van der Waals surface area contributed by atoms with E-state index in [1.807, 2.05) is 0 Å². The maximum atomic E-state index is 12.0. The van der Waals surface area contributed by atoms with E-state index in [9.17, 15) is 14.9 Å². The Morgan fingerprint density at radius 3 is 2.45 bits per heavy atom. The van der Waals surface area contributed by atoms with E-state index in [4.69, 9.17) is 0 Å². The van der Waals surface area contributed by atoms with Gasteiger partial charge in [0.2, 0.25) is 0 Å². The minimum atomic E-state index is -0.438. The molecule has 0 bridgehead atoms. The van der Waals surface area contributed by atoms with Crippen molar-refractivity contribution in [2.45, 2.75) is 4.90 Å². The molecule has 0 saturated carbocycles. The van der Waals surface area contributed by atoms with Gasteiger partial charge in [0, 0.05) is 16.1 Å². The normalized spacial score (nSPS) is 10.2. The van der Waals surface area contributed by atoms with Gasteiger partial charge in [0.1, 0.15) is 0 Å². The van der Waals surface area contributed by atoms with Crippen LogP contribution in [0.5, 0.6) is 0 Å². The number of rotatable bonds is 5. The quantitative estimate of drug-likeness (QED) is 0.348. The number of ketones is 1. The lowest BCUT2D eigenvalue weighted by Gasteiger charge is -2.03.